The van der Waals surface area contributed by atoms with Crippen molar-refractivity contribution in [3.05, 3.63) is 29.8 Å². The van der Waals surface area contributed by atoms with Crippen LogP contribution < -0.4 is 17.0 Å². The van der Waals surface area contributed by atoms with E-state index in [1.54, 1.807) is 6.07 Å². The minimum absolute atomic E-state index is 0.328. The number of primary amides is 1. The van der Waals surface area contributed by atoms with Crippen LogP contribution in [0.2, 0.25) is 0 Å². The zero-order valence-corrected chi connectivity index (χ0v) is 10.1. The van der Waals surface area contributed by atoms with Crippen LogP contribution in [-0.2, 0) is 0 Å². The molecule has 0 unspecified atom stereocenters. The second-order valence-electron chi connectivity index (χ2n) is 4.43. The van der Waals surface area contributed by atoms with E-state index in [4.69, 9.17) is 11.6 Å². The summed E-state index contributed by atoms with van der Waals surface area (Å²) in [6, 6.07) is 1.66. The van der Waals surface area contributed by atoms with Crippen LogP contribution in [-0.4, -0.2) is 25.7 Å². The number of nitrogen functional groups attached to an aromatic ring is 1. The molecule has 8 nitrogen and oxygen atoms in total. The summed E-state index contributed by atoms with van der Waals surface area (Å²) >= 11 is 0. The fraction of sp³-hybridized carbons (Fsp3) is 0.273. The van der Waals surface area contributed by atoms with Crippen molar-refractivity contribution >= 4 is 11.7 Å². The molecule has 8 heteroatoms. The summed E-state index contributed by atoms with van der Waals surface area (Å²) in [5.74, 6) is 7.06. The maximum absolute atomic E-state index is 11.1. The lowest BCUT2D eigenvalue weighted by molar-refractivity contribution is 0.100. The summed E-state index contributed by atoms with van der Waals surface area (Å²) in [6.07, 6.45) is 5.09. The first-order chi connectivity index (χ1) is 9.17. The molecule has 0 aromatic carbocycles. The molecule has 0 aliphatic heterocycles. The highest BCUT2D eigenvalue weighted by molar-refractivity contribution is 5.92. The number of amides is 1. The first-order valence-electron chi connectivity index (χ1n) is 5.88. The molecule has 1 aliphatic carbocycles. The monoisotopic (exact) mass is 259 g/mol. The van der Waals surface area contributed by atoms with Gasteiger partial charge in [-0.05, 0) is 12.8 Å². The molecular weight excluding hydrogens is 246 g/mol. The quantitative estimate of drug-likeness (QED) is 0.521. The number of anilines is 1. The van der Waals surface area contributed by atoms with E-state index < -0.39 is 5.91 Å². The third kappa shape index (κ3) is 2.25. The van der Waals surface area contributed by atoms with Crippen molar-refractivity contribution < 1.29 is 4.79 Å². The second-order valence-corrected chi connectivity index (χ2v) is 4.43. The van der Waals surface area contributed by atoms with Gasteiger partial charge >= 0.3 is 0 Å². The number of carbonyl (C=O) groups excluding carboxylic acids is 1. The van der Waals surface area contributed by atoms with Crippen LogP contribution >= 0.6 is 0 Å². The molecule has 19 heavy (non-hydrogen) atoms. The van der Waals surface area contributed by atoms with Crippen LogP contribution in [0.1, 0.15) is 34.9 Å². The average Bonchev–Trinajstić information content (AvgIpc) is 3.14. The van der Waals surface area contributed by atoms with Gasteiger partial charge in [0.1, 0.15) is 11.6 Å². The molecule has 0 atom stereocenters. The smallest absolute Gasteiger partial charge is 0.251 e. The molecular formula is C11H13N7O. The van der Waals surface area contributed by atoms with Gasteiger partial charge in [0.05, 0.1) is 11.8 Å². The number of hydrogen-bond donors (Lipinski definition) is 3. The van der Waals surface area contributed by atoms with Gasteiger partial charge in [-0.1, -0.05) is 0 Å². The molecule has 0 saturated heterocycles. The Bertz CT molecular complexity index is 632. The molecule has 1 aliphatic rings. The maximum Gasteiger partial charge on any atom is 0.251 e. The fourth-order valence-corrected chi connectivity index (χ4v) is 1.74. The number of carbonyl (C=O) groups is 1. The minimum Gasteiger partial charge on any atom is -0.366 e. The molecule has 2 aromatic heterocycles. The minimum atomic E-state index is -0.528. The Morgan fingerprint density at radius 3 is 2.79 bits per heavy atom. The van der Waals surface area contributed by atoms with Gasteiger partial charge in [0.2, 0.25) is 0 Å². The Morgan fingerprint density at radius 2 is 2.21 bits per heavy atom. The van der Waals surface area contributed by atoms with Gasteiger partial charge in [-0.25, -0.2) is 20.5 Å². The van der Waals surface area contributed by atoms with Crippen molar-refractivity contribution in [3.8, 4) is 5.82 Å². The van der Waals surface area contributed by atoms with Crippen molar-refractivity contribution in [1.29, 1.82) is 0 Å². The highest BCUT2D eigenvalue weighted by Gasteiger charge is 2.27. The molecule has 1 fully saturated rings. The number of nitrogens with one attached hydrogen (secondary N) is 1. The highest BCUT2D eigenvalue weighted by Crippen LogP contribution is 2.38. The van der Waals surface area contributed by atoms with Gasteiger partial charge in [-0.15, -0.1) is 0 Å². The zero-order chi connectivity index (χ0) is 13.4. The van der Waals surface area contributed by atoms with Gasteiger partial charge in [-0.2, -0.15) is 5.10 Å². The third-order valence-electron chi connectivity index (χ3n) is 2.92. The van der Waals surface area contributed by atoms with Crippen molar-refractivity contribution in [2.24, 2.45) is 11.6 Å². The Kier molecular flexibility index (Phi) is 2.64. The highest BCUT2D eigenvalue weighted by atomic mass is 16.1. The molecule has 3 rings (SSSR count). The van der Waals surface area contributed by atoms with Crippen LogP contribution in [0.15, 0.2) is 18.5 Å². The van der Waals surface area contributed by atoms with E-state index in [1.807, 2.05) is 0 Å². The number of hydrogen-bond acceptors (Lipinski definition) is 6. The van der Waals surface area contributed by atoms with E-state index in [9.17, 15) is 4.79 Å². The summed E-state index contributed by atoms with van der Waals surface area (Å²) in [7, 11) is 0. The summed E-state index contributed by atoms with van der Waals surface area (Å²) < 4.78 is 1.48. The number of nitrogens with zero attached hydrogens (tertiary/aromatic N) is 4. The Morgan fingerprint density at radius 1 is 1.42 bits per heavy atom. The Balaban J connectivity index is 2.02. The summed E-state index contributed by atoms with van der Waals surface area (Å²) in [4.78, 5) is 19.8. The predicted molar refractivity (Wildman–Crippen MR) is 67.5 cm³/mol. The van der Waals surface area contributed by atoms with E-state index >= 15 is 0 Å². The number of rotatable bonds is 4. The van der Waals surface area contributed by atoms with Crippen LogP contribution in [0.4, 0.5) is 5.82 Å². The van der Waals surface area contributed by atoms with Crippen LogP contribution in [0.3, 0.4) is 0 Å². The molecule has 0 radical (unpaired) electrons. The molecule has 98 valence electrons. The van der Waals surface area contributed by atoms with Gasteiger partial charge in [0, 0.05) is 18.2 Å². The Labute approximate surface area is 108 Å². The summed E-state index contributed by atoms with van der Waals surface area (Å²) in [6.45, 7) is 0. The van der Waals surface area contributed by atoms with E-state index in [0.29, 0.717) is 23.1 Å². The number of hydrazine groups is 1. The summed E-state index contributed by atoms with van der Waals surface area (Å²) in [5, 5.41) is 4.06. The normalized spacial score (nSPS) is 14.4. The largest absolute Gasteiger partial charge is 0.366 e. The van der Waals surface area contributed by atoms with E-state index in [-0.39, 0.29) is 0 Å². The Hall–Kier alpha value is -2.48. The molecule has 1 saturated carbocycles. The lowest BCUT2D eigenvalue weighted by Gasteiger charge is -2.06. The number of nitrogens with two attached hydrogens (primary N) is 2. The fourth-order valence-electron chi connectivity index (χ4n) is 1.74. The van der Waals surface area contributed by atoms with Crippen molar-refractivity contribution in [1.82, 2.24) is 19.7 Å². The third-order valence-corrected chi connectivity index (χ3v) is 2.92. The van der Waals surface area contributed by atoms with Crippen LogP contribution in [0.25, 0.3) is 5.82 Å². The van der Waals surface area contributed by atoms with Gasteiger partial charge in [0.25, 0.3) is 5.91 Å². The van der Waals surface area contributed by atoms with Crippen molar-refractivity contribution in [2.75, 3.05) is 5.43 Å². The SMILES string of the molecule is NNc1cc(-n2cc(C(N)=O)cn2)nc(C2CC2)n1. The lowest BCUT2D eigenvalue weighted by atomic mass is 10.3. The predicted octanol–water partition coefficient (Wildman–Crippen LogP) is -0.0758. The number of aromatic nitrogens is 4. The van der Waals surface area contributed by atoms with Crippen LogP contribution in [0.5, 0.6) is 0 Å². The maximum atomic E-state index is 11.1. The van der Waals surface area contributed by atoms with E-state index in [2.05, 4.69) is 20.5 Å². The first-order valence-corrected chi connectivity index (χ1v) is 5.88. The molecule has 2 aromatic rings. The molecule has 0 spiro atoms. The van der Waals surface area contributed by atoms with Crippen molar-refractivity contribution in [3.63, 3.8) is 0 Å². The first kappa shape index (κ1) is 11.6. The van der Waals surface area contributed by atoms with Gasteiger partial charge in [-0.3, -0.25) is 4.79 Å². The summed E-state index contributed by atoms with van der Waals surface area (Å²) in [5.41, 5.74) is 8.03. The lowest BCUT2D eigenvalue weighted by Crippen LogP contribution is -2.12. The van der Waals surface area contributed by atoms with Gasteiger partial charge in [0.15, 0.2) is 5.82 Å². The van der Waals surface area contributed by atoms with Crippen LogP contribution in [0, 0.1) is 0 Å². The topological polar surface area (TPSA) is 125 Å². The van der Waals surface area contributed by atoms with Crippen molar-refractivity contribution in [2.45, 2.75) is 18.8 Å². The zero-order valence-electron chi connectivity index (χ0n) is 10.1. The standard InChI is InChI=1S/C11H13N7O/c12-10(19)7-4-14-18(5-7)9-3-8(17-13)15-11(16-9)6-1-2-6/h3-6H,1-2,13H2,(H2,12,19)(H,15,16,17). The molecule has 5 N–H and O–H groups in total. The average molecular weight is 259 g/mol. The second kappa shape index (κ2) is 4.32. The van der Waals surface area contributed by atoms with Gasteiger partial charge < -0.3 is 11.2 Å². The van der Waals surface area contributed by atoms with E-state index in [0.717, 1.165) is 18.7 Å². The molecule has 1 amide bonds. The molecule has 0 bridgehead atoms. The molecule has 2 heterocycles. The van der Waals surface area contributed by atoms with E-state index in [1.165, 1.54) is 17.1 Å².